The molecular weight excluding hydrogens is 653 g/mol. The average molecular weight is 711 g/mol. The van der Waals surface area contributed by atoms with Gasteiger partial charge in [0.25, 0.3) is 0 Å². The Hall–Kier alpha value is -3.88. The summed E-state index contributed by atoms with van der Waals surface area (Å²) in [5.41, 5.74) is 3.85. The number of ketones is 1. The summed E-state index contributed by atoms with van der Waals surface area (Å²) in [5, 5.41) is 3.13. The molecule has 8 heteroatoms. The van der Waals surface area contributed by atoms with Crippen LogP contribution in [-0.4, -0.2) is 59.3 Å². The number of aromatic nitrogens is 2. The second kappa shape index (κ2) is 20.2. The number of amides is 1. The molecule has 0 aliphatic heterocycles. The van der Waals surface area contributed by atoms with Crippen LogP contribution in [0, 0.1) is 5.92 Å². The highest BCUT2D eigenvalue weighted by atomic mass is 32.1. The van der Waals surface area contributed by atoms with E-state index in [0.29, 0.717) is 23.7 Å². The van der Waals surface area contributed by atoms with Crippen molar-refractivity contribution in [3.05, 3.63) is 88.4 Å². The quantitative estimate of drug-likeness (QED) is 0.0685. The topological polar surface area (TPSA) is 84.4 Å². The van der Waals surface area contributed by atoms with Crippen LogP contribution in [0.2, 0.25) is 0 Å². The van der Waals surface area contributed by atoms with Crippen LogP contribution in [0.3, 0.4) is 0 Å². The molecule has 2 heterocycles. The van der Waals surface area contributed by atoms with Crippen molar-refractivity contribution >= 4 is 23.0 Å². The van der Waals surface area contributed by atoms with Crippen molar-refractivity contribution < 1.29 is 14.3 Å². The third-order valence-electron chi connectivity index (χ3n) is 9.32. The number of carbonyl (C=O) groups excluding carboxylic acids is 2. The van der Waals surface area contributed by atoms with Gasteiger partial charge in [0, 0.05) is 47.3 Å². The average Bonchev–Trinajstić information content (AvgIpc) is 3.66. The molecule has 1 N–H and O–H groups in total. The maximum absolute atomic E-state index is 13.5. The third-order valence-corrected chi connectivity index (χ3v) is 10.9. The van der Waals surface area contributed by atoms with E-state index in [-0.39, 0.29) is 23.5 Å². The van der Waals surface area contributed by atoms with E-state index >= 15 is 0 Å². The van der Waals surface area contributed by atoms with Crippen molar-refractivity contribution in [3.8, 4) is 28.3 Å². The Morgan fingerprint density at radius 2 is 1.47 bits per heavy atom. The lowest BCUT2D eigenvalue weighted by atomic mass is 9.92. The molecule has 2 aromatic heterocycles. The fourth-order valence-electron chi connectivity index (χ4n) is 6.01. The van der Waals surface area contributed by atoms with E-state index in [4.69, 9.17) is 4.74 Å². The Morgan fingerprint density at radius 3 is 2.10 bits per heavy atom. The molecule has 0 spiro atoms. The standard InChI is InChI=1S/C43H58N4O3S/c1-7-10-11-12-13-27-50-37-21-19-33(20-22-37)36-30-45-41(46-31-36)34-17-15-32(16-18-34)28-35(42(49)44-25-14-26-47(8-2)9-3)29-38(48)39-23-24-40(51-39)43(4,5)6/h15-24,30-31,35H,7-14,25-29H2,1-6H3,(H,44,49)/t35-/m1/s1. The molecule has 4 aromatic rings. The molecule has 7 nitrogen and oxygen atoms in total. The number of rotatable bonds is 21. The molecule has 0 fully saturated rings. The van der Waals surface area contributed by atoms with Crippen molar-refractivity contribution in [2.45, 2.75) is 98.3 Å². The largest absolute Gasteiger partial charge is 0.494 e. The number of unbranched alkanes of at least 4 members (excludes halogenated alkanes) is 4. The molecule has 0 bridgehead atoms. The number of Topliss-reactive ketones (excluding diaryl/α,β-unsaturated/α-hetero) is 1. The highest BCUT2D eigenvalue weighted by molar-refractivity contribution is 7.14. The Morgan fingerprint density at radius 1 is 0.804 bits per heavy atom. The van der Waals surface area contributed by atoms with Crippen LogP contribution in [0.15, 0.2) is 73.1 Å². The van der Waals surface area contributed by atoms with Crippen molar-refractivity contribution in [1.82, 2.24) is 20.2 Å². The van der Waals surface area contributed by atoms with Crippen molar-refractivity contribution in [3.63, 3.8) is 0 Å². The Labute approximate surface area is 310 Å². The van der Waals surface area contributed by atoms with Gasteiger partial charge < -0.3 is 15.0 Å². The Kier molecular flexibility index (Phi) is 15.8. The highest BCUT2D eigenvalue weighted by Gasteiger charge is 2.25. The molecule has 0 unspecified atom stereocenters. The SMILES string of the molecule is CCCCCCCOc1ccc(-c2cnc(-c3ccc(C[C@H](CC(=O)c4ccc(C(C)(C)C)s4)C(=O)NCCCN(CC)CC)cc3)nc2)cc1. The summed E-state index contributed by atoms with van der Waals surface area (Å²) in [6, 6.07) is 20.1. The summed E-state index contributed by atoms with van der Waals surface area (Å²) in [4.78, 5) is 40.5. The van der Waals surface area contributed by atoms with E-state index in [1.54, 1.807) is 0 Å². The summed E-state index contributed by atoms with van der Waals surface area (Å²) in [5.74, 6) is 1.00. The van der Waals surface area contributed by atoms with E-state index in [2.05, 4.69) is 61.7 Å². The minimum atomic E-state index is -0.463. The lowest BCUT2D eigenvalue weighted by Gasteiger charge is -2.19. The first-order valence-corrected chi connectivity index (χ1v) is 19.7. The monoisotopic (exact) mass is 710 g/mol. The van der Waals surface area contributed by atoms with Gasteiger partial charge in [0.2, 0.25) is 5.91 Å². The fraction of sp³-hybridized carbons (Fsp3) is 0.488. The van der Waals surface area contributed by atoms with Crippen LogP contribution in [0.4, 0.5) is 0 Å². The van der Waals surface area contributed by atoms with Gasteiger partial charge in [-0.25, -0.2) is 9.97 Å². The first-order chi connectivity index (χ1) is 24.6. The predicted molar refractivity (Wildman–Crippen MR) is 212 cm³/mol. The van der Waals surface area contributed by atoms with Crippen LogP contribution in [0.1, 0.15) is 107 Å². The minimum absolute atomic E-state index is 0.0175. The summed E-state index contributed by atoms with van der Waals surface area (Å²) < 4.78 is 5.92. The van der Waals surface area contributed by atoms with Crippen molar-refractivity contribution in [1.29, 1.82) is 0 Å². The van der Waals surface area contributed by atoms with Gasteiger partial charge in [0.05, 0.1) is 11.5 Å². The van der Waals surface area contributed by atoms with Crippen LogP contribution < -0.4 is 10.1 Å². The molecule has 0 radical (unpaired) electrons. The van der Waals surface area contributed by atoms with Crippen LogP contribution in [0.25, 0.3) is 22.5 Å². The normalized spacial score (nSPS) is 12.2. The van der Waals surface area contributed by atoms with Crippen LogP contribution in [0.5, 0.6) is 5.75 Å². The zero-order valence-corrected chi connectivity index (χ0v) is 32.5. The molecule has 4 rings (SSSR count). The van der Waals surface area contributed by atoms with Crippen molar-refractivity contribution in [2.24, 2.45) is 5.92 Å². The van der Waals surface area contributed by atoms with E-state index in [9.17, 15) is 9.59 Å². The van der Waals surface area contributed by atoms with E-state index in [1.165, 1.54) is 41.9 Å². The van der Waals surface area contributed by atoms with Gasteiger partial charge in [-0.1, -0.05) is 104 Å². The Bertz CT molecular complexity index is 1620. The van der Waals surface area contributed by atoms with Gasteiger partial charge in [-0.05, 0) is 79.7 Å². The van der Waals surface area contributed by atoms with Gasteiger partial charge in [-0.15, -0.1) is 11.3 Å². The number of thiophene rings is 1. The lowest BCUT2D eigenvalue weighted by molar-refractivity contribution is -0.124. The highest BCUT2D eigenvalue weighted by Crippen LogP contribution is 2.31. The molecule has 0 saturated carbocycles. The van der Waals surface area contributed by atoms with Gasteiger partial charge in [0.15, 0.2) is 11.6 Å². The first kappa shape index (κ1) is 39.9. The smallest absolute Gasteiger partial charge is 0.223 e. The molecule has 0 saturated heterocycles. The van der Waals surface area contributed by atoms with Gasteiger partial charge in [-0.2, -0.15) is 0 Å². The number of ether oxygens (including phenoxy) is 1. The van der Waals surface area contributed by atoms with Gasteiger partial charge >= 0.3 is 0 Å². The number of nitrogens with one attached hydrogen (secondary N) is 1. The maximum atomic E-state index is 13.5. The van der Waals surface area contributed by atoms with Gasteiger partial charge in [0.1, 0.15) is 5.75 Å². The van der Waals surface area contributed by atoms with Gasteiger partial charge in [-0.3, -0.25) is 9.59 Å². The number of hydrogen-bond donors (Lipinski definition) is 1. The molecular formula is C43H58N4O3S. The zero-order chi connectivity index (χ0) is 36.6. The predicted octanol–water partition coefficient (Wildman–Crippen LogP) is 9.80. The molecule has 2 aromatic carbocycles. The molecule has 0 aliphatic rings. The molecule has 1 amide bonds. The summed E-state index contributed by atoms with van der Waals surface area (Å²) in [6.07, 6.45) is 11.3. The summed E-state index contributed by atoms with van der Waals surface area (Å²) in [6.45, 7) is 17.2. The van der Waals surface area contributed by atoms with Crippen molar-refractivity contribution in [2.75, 3.05) is 32.8 Å². The molecule has 51 heavy (non-hydrogen) atoms. The fourth-order valence-corrected chi connectivity index (χ4v) is 7.02. The van der Waals surface area contributed by atoms with Crippen LogP contribution >= 0.6 is 11.3 Å². The van der Waals surface area contributed by atoms with E-state index in [0.717, 1.165) is 67.1 Å². The second-order valence-electron chi connectivity index (χ2n) is 14.4. The molecule has 274 valence electrons. The summed E-state index contributed by atoms with van der Waals surface area (Å²) in [7, 11) is 0. The molecule has 0 aliphatic carbocycles. The van der Waals surface area contributed by atoms with Crippen LogP contribution in [-0.2, 0) is 16.6 Å². The Balaban J connectivity index is 1.38. The number of nitrogens with zero attached hydrogens (tertiary/aromatic N) is 3. The minimum Gasteiger partial charge on any atom is -0.494 e. The van der Waals surface area contributed by atoms with E-state index < -0.39 is 5.92 Å². The number of hydrogen-bond acceptors (Lipinski definition) is 7. The van der Waals surface area contributed by atoms with E-state index in [1.807, 2.05) is 73.1 Å². The maximum Gasteiger partial charge on any atom is 0.223 e. The second-order valence-corrected chi connectivity index (χ2v) is 15.5. The number of carbonyl (C=O) groups is 2. The lowest BCUT2D eigenvalue weighted by Crippen LogP contribution is -2.35. The zero-order valence-electron chi connectivity index (χ0n) is 31.7. The third kappa shape index (κ3) is 12.7. The summed E-state index contributed by atoms with van der Waals surface area (Å²) >= 11 is 1.54. The molecule has 1 atom stereocenters. The first-order valence-electron chi connectivity index (χ1n) is 18.9. The number of benzene rings is 2.